The molecule has 0 amide bonds. The Morgan fingerprint density at radius 1 is 1.32 bits per heavy atom. The summed E-state index contributed by atoms with van der Waals surface area (Å²) in [5.41, 5.74) is 0.834. The van der Waals surface area contributed by atoms with Gasteiger partial charge in [-0.15, -0.1) is 0 Å². The van der Waals surface area contributed by atoms with Crippen LogP contribution < -0.4 is 0 Å². The van der Waals surface area contributed by atoms with Crippen LogP contribution in [0.5, 0.6) is 0 Å². The topological polar surface area (TPSA) is 20.3 Å². The van der Waals surface area contributed by atoms with Gasteiger partial charge in [0, 0.05) is 12.5 Å². The molecule has 0 spiro atoms. The van der Waals surface area contributed by atoms with Crippen molar-refractivity contribution in [1.82, 2.24) is 4.90 Å². The molecule has 2 nitrogen and oxygen atoms in total. The van der Waals surface area contributed by atoms with E-state index in [1.165, 1.54) is 11.8 Å². The molecule has 2 rings (SSSR count). The first-order chi connectivity index (χ1) is 8.89. The van der Waals surface area contributed by atoms with Crippen LogP contribution >= 0.6 is 0 Å². The van der Waals surface area contributed by atoms with Crippen LogP contribution in [0.25, 0.3) is 0 Å². The summed E-state index contributed by atoms with van der Waals surface area (Å²) in [5, 5.41) is 0. The highest BCUT2D eigenvalue weighted by Gasteiger charge is 2.52. The molecule has 1 aromatic carbocycles. The minimum Gasteiger partial charge on any atom is -0.300 e. The first-order valence-corrected chi connectivity index (χ1v) is 6.24. The Labute approximate surface area is 110 Å². The molecular formula is C14H16F3NO. The summed E-state index contributed by atoms with van der Waals surface area (Å²) in [4.78, 5) is 12.7. The van der Waals surface area contributed by atoms with Crippen molar-refractivity contribution in [2.75, 3.05) is 6.54 Å². The Morgan fingerprint density at radius 3 is 2.47 bits per heavy atom. The highest BCUT2D eigenvalue weighted by molar-refractivity contribution is 5.79. The van der Waals surface area contributed by atoms with Crippen LogP contribution in [0.1, 0.15) is 18.9 Å². The fourth-order valence-electron chi connectivity index (χ4n) is 2.71. The van der Waals surface area contributed by atoms with E-state index in [2.05, 4.69) is 0 Å². The Morgan fingerprint density at radius 2 is 1.95 bits per heavy atom. The zero-order valence-electron chi connectivity index (χ0n) is 10.7. The molecule has 2 atom stereocenters. The van der Waals surface area contributed by atoms with E-state index in [-0.39, 0.29) is 18.7 Å². The molecule has 1 aromatic rings. The third-order valence-corrected chi connectivity index (χ3v) is 3.59. The van der Waals surface area contributed by atoms with Crippen LogP contribution in [-0.2, 0) is 11.3 Å². The molecule has 0 unspecified atom stereocenters. The number of alkyl halides is 3. The number of carbonyl (C=O) groups is 1. The maximum atomic E-state index is 13.1. The highest BCUT2D eigenvalue weighted by atomic mass is 19.4. The minimum absolute atomic E-state index is 0.231. The molecule has 0 aromatic heterocycles. The zero-order valence-corrected chi connectivity index (χ0v) is 10.7. The standard InChI is InChI=1S/C14H16F3NO/c1-10(19)12-7-8-18(13(12)14(15,16)17)9-11-5-3-2-4-6-11/h2-6,12-13H,7-9H2,1H3/t12-,13+/m1/s1. The Bertz CT molecular complexity index is 444. The molecule has 0 aliphatic carbocycles. The van der Waals surface area contributed by atoms with Crippen LogP contribution in [0.2, 0.25) is 0 Å². The van der Waals surface area contributed by atoms with E-state index in [0.29, 0.717) is 6.54 Å². The number of nitrogens with zero attached hydrogens (tertiary/aromatic N) is 1. The van der Waals surface area contributed by atoms with Crippen LogP contribution in [0.4, 0.5) is 13.2 Å². The molecule has 0 N–H and O–H groups in total. The van der Waals surface area contributed by atoms with Gasteiger partial charge in [0.25, 0.3) is 0 Å². The van der Waals surface area contributed by atoms with Gasteiger partial charge in [0.15, 0.2) is 0 Å². The van der Waals surface area contributed by atoms with E-state index < -0.39 is 18.1 Å². The maximum Gasteiger partial charge on any atom is 0.404 e. The summed E-state index contributed by atoms with van der Waals surface area (Å²) in [5.74, 6) is -1.30. The Kier molecular flexibility index (Phi) is 3.94. The summed E-state index contributed by atoms with van der Waals surface area (Å²) in [7, 11) is 0. The lowest BCUT2D eigenvalue weighted by molar-refractivity contribution is -0.188. The van der Waals surface area contributed by atoms with Gasteiger partial charge in [-0.25, -0.2) is 0 Å². The van der Waals surface area contributed by atoms with Gasteiger partial charge < -0.3 is 0 Å². The number of ketones is 1. The molecule has 1 fully saturated rings. The number of halogens is 3. The second-order valence-electron chi connectivity index (χ2n) is 4.95. The van der Waals surface area contributed by atoms with Crippen LogP contribution in [-0.4, -0.2) is 29.4 Å². The molecule has 1 saturated heterocycles. The fourth-order valence-corrected chi connectivity index (χ4v) is 2.71. The van der Waals surface area contributed by atoms with Gasteiger partial charge in [-0.05, 0) is 25.5 Å². The van der Waals surface area contributed by atoms with Gasteiger partial charge >= 0.3 is 6.18 Å². The van der Waals surface area contributed by atoms with Crippen LogP contribution in [0.15, 0.2) is 30.3 Å². The number of carbonyl (C=O) groups excluding carboxylic acids is 1. The number of hydrogen-bond donors (Lipinski definition) is 0. The summed E-state index contributed by atoms with van der Waals surface area (Å²) < 4.78 is 39.4. The third kappa shape index (κ3) is 3.15. The predicted molar refractivity (Wildman–Crippen MR) is 65.5 cm³/mol. The van der Waals surface area contributed by atoms with E-state index >= 15 is 0 Å². The summed E-state index contributed by atoms with van der Waals surface area (Å²) >= 11 is 0. The lowest BCUT2D eigenvalue weighted by atomic mass is 9.96. The summed E-state index contributed by atoms with van der Waals surface area (Å²) in [6, 6.07) is 7.38. The van der Waals surface area contributed by atoms with E-state index in [4.69, 9.17) is 0 Å². The number of Topliss-reactive ketones (excluding diaryl/α,β-unsaturated/α-hetero) is 1. The second-order valence-corrected chi connectivity index (χ2v) is 4.95. The van der Waals surface area contributed by atoms with E-state index in [1.807, 2.05) is 6.07 Å². The van der Waals surface area contributed by atoms with Crippen molar-refractivity contribution in [2.45, 2.75) is 32.1 Å². The molecule has 5 heteroatoms. The monoisotopic (exact) mass is 271 g/mol. The molecule has 0 saturated carbocycles. The highest BCUT2D eigenvalue weighted by Crippen LogP contribution is 2.37. The van der Waals surface area contributed by atoms with Crippen LogP contribution in [0.3, 0.4) is 0 Å². The Balaban J connectivity index is 2.18. The largest absolute Gasteiger partial charge is 0.404 e. The lowest BCUT2D eigenvalue weighted by Gasteiger charge is -2.29. The van der Waals surface area contributed by atoms with E-state index in [9.17, 15) is 18.0 Å². The van der Waals surface area contributed by atoms with Gasteiger partial charge in [-0.2, -0.15) is 13.2 Å². The number of rotatable bonds is 3. The van der Waals surface area contributed by atoms with Crippen molar-refractivity contribution in [2.24, 2.45) is 5.92 Å². The molecule has 1 aliphatic rings. The first kappa shape index (κ1) is 14.1. The number of hydrogen-bond acceptors (Lipinski definition) is 2. The van der Waals surface area contributed by atoms with Crippen molar-refractivity contribution in [3.8, 4) is 0 Å². The molecule has 1 aliphatic heterocycles. The van der Waals surface area contributed by atoms with Crippen molar-refractivity contribution in [3.63, 3.8) is 0 Å². The third-order valence-electron chi connectivity index (χ3n) is 3.59. The van der Waals surface area contributed by atoms with Crippen molar-refractivity contribution >= 4 is 5.78 Å². The van der Waals surface area contributed by atoms with Gasteiger partial charge in [-0.3, -0.25) is 9.69 Å². The molecule has 0 radical (unpaired) electrons. The van der Waals surface area contributed by atoms with Gasteiger partial charge in [0.05, 0.1) is 0 Å². The molecule has 1 heterocycles. The average Bonchev–Trinajstić information content (AvgIpc) is 2.74. The van der Waals surface area contributed by atoms with Gasteiger partial charge in [0.2, 0.25) is 0 Å². The molecule has 0 bridgehead atoms. The van der Waals surface area contributed by atoms with Crippen molar-refractivity contribution in [3.05, 3.63) is 35.9 Å². The fraction of sp³-hybridized carbons (Fsp3) is 0.500. The van der Waals surface area contributed by atoms with E-state index in [0.717, 1.165) is 5.56 Å². The smallest absolute Gasteiger partial charge is 0.300 e. The van der Waals surface area contributed by atoms with Crippen molar-refractivity contribution in [1.29, 1.82) is 0 Å². The SMILES string of the molecule is CC(=O)[C@H]1CCN(Cc2ccccc2)[C@@H]1C(F)(F)F. The van der Waals surface area contributed by atoms with Gasteiger partial charge in [-0.1, -0.05) is 30.3 Å². The number of likely N-dealkylation sites (tertiary alicyclic amines) is 1. The van der Waals surface area contributed by atoms with Crippen LogP contribution in [0, 0.1) is 5.92 Å². The quantitative estimate of drug-likeness (QED) is 0.842. The van der Waals surface area contributed by atoms with E-state index in [1.54, 1.807) is 24.3 Å². The predicted octanol–water partition coefficient (Wildman–Crippen LogP) is 3.03. The summed E-state index contributed by atoms with van der Waals surface area (Å²) in [6.45, 7) is 1.79. The minimum atomic E-state index is -4.36. The summed E-state index contributed by atoms with van der Waals surface area (Å²) in [6.07, 6.45) is -4.08. The zero-order chi connectivity index (χ0) is 14.0. The normalized spacial score (nSPS) is 24.6. The first-order valence-electron chi connectivity index (χ1n) is 6.24. The van der Waals surface area contributed by atoms with Gasteiger partial charge in [0.1, 0.15) is 11.8 Å². The van der Waals surface area contributed by atoms with Crippen molar-refractivity contribution < 1.29 is 18.0 Å². The second kappa shape index (κ2) is 5.33. The molecule has 104 valence electrons. The maximum absolute atomic E-state index is 13.1. The lowest BCUT2D eigenvalue weighted by Crippen LogP contribution is -2.45. The molecular weight excluding hydrogens is 255 g/mol. The average molecular weight is 271 g/mol. The molecule has 19 heavy (non-hydrogen) atoms. The number of benzene rings is 1. The Hall–Kier alpha value is -1.36.